The normalized spacial score (nSPS) is 15.9. The van der Waals surface area contributed by atoms with Crippen LogP contribution in [0.15, 0.2) is 9.57 Å². The van der Waals surface area contributed by atoms with Gasteiger partial charge in [0.25, 0.3) is 0 Å². The van der Waals surface area contributed by atoms with E-state index in [-0.39, 0.29) is 5.54 Å². The highest BCUT2D eigenvalue weighted by molar-refractivity contribution is 7.98. The van der Waals surface area contributed by atoms with Crippen LogP contribution in [-0.4, -0.2) is 30.4 Å². The van der Waals surface area contributed by atoms with E-state index in [0.29, 0.717) is 17.6 Å². The van der Waals surface area contributed by atoms with Crippen LogP contribution in [0, 0.1) is 0 Å². The molecular weight excluding hydrogens is 264 g/mol. The SMILES string of the molecule is CC(C)(C)n1nnnc1SCc1nnc(C2CC2)o1. The summed E-state index contributed by atoms with van der Waals surface area (Å²) < 4.78 is 7.41. The Balaban J connectivity index is 1.66. The van der Waals surface area contributed by atoms with Crippen LogP contribution in [0.1, 0.15) is 51.3 Å². The molecule has 0 unspecified atom stereocenters. The largest absolute Gasteiger partial charge is 0.424 e. The molecule has 0 spiro atoms. The number of rotatable bonds is 4. The van der Waals surface area contributed by atoms with Gasteiger partial charge in [0.1, 0.15) is 0 Å². The highest BCUT2D eigenvalue weighted by atomic mass is 32.2. The smallest absolute Gasteiger partial charge is 0.226 e. The Bertz CT molecular complexity index is 568. The maximum atomic E-state index is 5.61. The van der Waals surface area contributed by atoms with E-state index in [2.05, 4.69) is 46.5 Å². The number of tetrazole rings is 1. The molecule has 102 valence electrons. The Kier molecular flexibility index (Phi) is 3.04. The second-order valence-corrected chi connectivity index (χ2v) is 6.58. The molecule has 1 saturated carbocycles. The third-order valence-electron chi connectivity index (χ3n) is 2.81. The van der Waals surface area contributed by atoms with Crippen molar-refractivity contribution in [2.24, 2.45) is 0 Å². The third-order valence-corrected chi connectivity index (χ3v) is 3.71. The zero-order chi connectivity index (χ0) is 13.5. The van der Waals surface area contributed by atoms with E-state index in [1.807, 2.05) is 0 Å². The standard InChI is InChI=1S/C11H16N6OS/c1-11(2,3)17-10(14-15-16-17)19-6-8-12-13-9(18-8)7-4-5-7/h7H,4-6H2,1-3H3. The van der Waals surface area contributed by atoms with Crippen LogP contribution in [0.4, 0.5) is 0 Å². The van der Waals surface area contributed by atoms with Crippen LogP contribution < -0.4 is 0 Å². The van der Waals surface area contributed by atoms with E-state index in [0.717, 1.165) is 23.9 Å². The van der Waals surface area contributed by atoms with Crippen molar-refractivity contribution in [1.29, 1.82) is 0 Å². The van der Waals surface area contributed by atoms with Gasteiger partial charge in [-0.05, 0) is 44.0 Å². The van der Waals surface area contributed by atoms with Crippen molar-refractivity contribution in [2.75, 3.05) is 0 Å². The summed E-state index contributed by atoms with van der Waals surface area (Å²) in [5, 5.41) is 20.6. The lowest BCUT2D eigenvalue weighted by Crippen LogP contribution is -2.24. The second kappa shape index (κ2) is 4.59. The Morgan fingerprint density at radius 3 is 2.74 bits per heavy atom. The molecule has 7 nitrogen and oxygen atoms in total. The maximum absolute atomic E-state index is 5.61. The van der Waals surface area contributed by atoms with Crippen LogP contribution >= 0.6 is 11.8 Å². The first-order chi connectivity index (χ1) is 9.04. The Morgan fingerprint density at radius 1 is 1.26 bits per heavy atom. The van der Waals surface area contributed by atoms with E-state index in [1.165, 1.54) is 11.8 Å². The number of aromatic nitrogens is 6. The molecule has 0 saturated heterocycles. The highest BCUT2D eigenvalue weighted by Crippen LogP contribution is 2.39. The molecule has 0 aliphatic heterocycles. The summed E-state index contributed by atoms with van der Waals surface area (Å²) in [7, 11) is 0. The van der Waals surface area contributed by atoms with Crippen LogP contribution in [0.25, 0.3) is 0 Å². The second-order valence-electron chi connectivity index (χ2n) is 5.64. The molecule has 0 aromatic carbocycles. The van der Waals surface area contributed by atoms with E-state index in [4.69, 9.17) is 4.42 Å². The topological polar surface area (TPSA) is 82.5 Å². The van der Waals surface area contributed by atoms with Crippen LogP contribution in [0.2, 0.25) is 0 Å². The molecule has 0 N–H and O–H groups in total. The van der Waals surface area contributed by atoms with Gasteiger partial charge in [0.05, 0.1) is 11.3 Å². The molecular formula is C11H16N6OS. The zero-order valence-electron chi connectivity index (χ0n) is 11.2. The average Bonchev–Trinajstić information content (AvgIpc) is 2.91. The van der Waals surface area contributed by atoms with Crippen molar-refractivity contribution in [3.63, 3.8) is 0 Å². The molecule has 1 aliphatic rings. The predicted molar refractivity (Wildman–Crippen MR) is 68.6 cm³/mol. The first-order valence-corrected chi connectivity index (χ1v) is 7.26. The molecule has 3 rings (SSSR count). The summed E-state index contributed by atoms with van der Waals surface area (Å²) in [4.78, 5) is 0. The summed E-state index contributed by atoms with van der Waals surface area (Å²) in [5.74, 6) is 2.49. The van der Waals surface area contributed by atoms with Gasteiger partial charge in [-0.1, -0.05) is 11.8 Å². The van der Waals surface area contributed by atoms with Gasteiger partial charge >= 0.3 is 0 Å². The van der Waals surface area contributed by atoms with Gasteiger partial charge in [-0.3, -0.25) is 0 Å². The zero-order valence-corrected chi connectivity index (χ0v) is 12.0. The summed E-state index contributed by atoms with van der Waals surface area (Å²) in [5.41, 5.74) is -0.139. The molecule has 19 heavy (non-hydrogen) atoms. The monoisotopic (exact) mass is 280 g/mol. The lowest BCUT2D eigenvalue weighted by atomic mass is 10.1. The molecule has 0 bridgehead atoms. The van der Waals surface area contributed by atoms with Crippen LogP contribution in [0.3, 0.4) is 0 Å². The van der Waals surface area contributed by atoms with Gasteiger partial charge in [-0.15, -0.1) is 15.3 Å². The lowest BCUT2D eigenvalue weighted by Gasteiger charge is -2.19. The molecule has 0 atom stereocenters. The minimum atomic E-state index is -0.139. The molecule has 1 fully saturated rings. The molecule has 2 aromatic heterocycles. The average molecular weight is 280 g/mol. The van der Waals surface area contributed by atoms with E-state index >= 15 is 0 Å². The Morgan fingerprint density at radius 2 is 2.05 bits per heavy atom. The van der Waals surface area contributed by atoms with Crippen molar-refractivity contribution >= 4 is 11.8 Å². The summed E-state index contributed by atoms with van der Waals surface area (Å²) in [6.45, 7) is 6.18. The molecule has 8 heteroatoms. The third kappa shape index (κ3) is 2.78. The van der Waals surface area contributed by atoms with E-state index in [9.17, 15) is 0 Å². The molecule has 2 heterocycles. The molecule has 0 amide bonds. The predicted octanol–water partition coefficient (Wildman–Crippen LogP) is 1.98. The maximum Gasteiger partial charge on any atom is 0.226 e. The van der Waals surface area contributed by atoms with Crippen LogP contribution in [0.5, 0.6) is 0 Å². The summed E-state index contributed by atoms with van der Waals surface area (Å²) >= 11 is 1.51. The minimum absolute atomic E-state index is 0.139. The lowest BCUT2D eigenvalue weighted by molar-refractivity contribution is 0.321. The van der Waals surface area contributed by atoms with E-state index in [1.54, 1.807) is 4.68 Å². The fourth-order valence-corrected chi connectivity index (χ4v) is 2.53. The number of hydrogen-bond donors (Lipinski definition) is 0. The van der Waals surface area contributed by atoms with E-state index < -0.39 is 0 Å². The van der Waals surface area contributed by atoms with Crippen LogP contribution in [-0.2, 0) is 11.3 Å². The Hall–Kier alpha value is -1.44. The molecule has 2 aromatic rings. The minimum Gasteiger partial charge on any atom is -0.424 e. The first kappa shape index (κ1) is 12.6. The van der Waals surface area contributed by atoms with Crippen molar-refractivity contribution < 1.29 is 4.42 Å². The number of thioether (sulfide) groups is 1. The van der Waals surface area contributed by atoms with Gasteiger partial charge < -0.3 is 4.42 Å². The van der Waals surface area contributed by atoms with Crippen molar-refractivity contribution in [2.45, 2.75) is 56.0 Å². The molecule has 0 radical (unpaired) electrons. The number of nitrogens with zero attached hydrogens (tertiary/aromatic N) is 6. The number of hydrogen-bond acceptors (Lipinski definition) is 7. The van der Waals surface area contributed by atoms with Gasteiger partial charge in [0.2, 0.25) is 16.9 Å². The highest BCUT2D eigenvalue weighted by Gasteiger charge is 2.29. The summed E-state index contributed by atoms with van der Waals surface area (Å²) in [6, 6.07) is 0. The van der Waals surface area contributed by atoms with Gasteiger partial charge in [-0.2, -0.15) is 0 Å². The van der Waals surface area contributed by atoms with Gasteiger partial charge in [0, 0.05) is 5.92 Å². The fourth-order valence-electron chi connectivity index (χ4n) is 1.64. The summed E-state index contributed by atoms with van der Waals surface area (Å²) in [6.07, 6.45) is 2.33. The van der Waals surface area contributed by atoms with Crippen molar-refractivity contribution in [1.82, 2.24) is 30.4 Å². The molecule has 1 aliphatic carbocycles. The van der Waals surface area contributed by atoms with Gasteiger partial charge in [-0.25, -0.2) is 4.68 Å². The van der Waals surface area contributed by atoms with Crippen molar-refractivity contribution in [3.05, 3.63) is 11.8 Å². The van der Waals surface area contributed by atoms with Crippen molar-refractivity contribution in [3.8, 4) is 0 Å². The quantitative estimate of drug-likeness (QED) is 0.792. The van der Waals surface area contributed by atoms with Gasteiger partial charge in [0.15, 0.2) is 0 Å². The fraction of sp³-hybridized carbons (Fsp3) is 0.727. The Labute approximate surface area is 115 Å². The first-order valence-electron chi connectivity index (χ1n) is 6.28.